The monoisotopic (exact) mass is 261 g/mol. The van der Waals surface area contributed by atoms with Crippen molar-refractivity contribution >= 4 is 17.2 Å². The molecule has 0 bridgehead atoms. The molecule has 0 aliphatic heterocycles. The normalized spacial score (nSPS) is 10.1. The van der Waals surface area contributed by atoms with Crippen LogP contribution in [0.1, 0.15) is 15.2 Å². The van der Waals surface area contributed by atoms with Crippen molar-refractivity contribution in [3.05, 3.63) is 52.2 Å². The summed E-state index contributed by atoms with van der Waals surface area (Å²) in [5, 5.41) is 2.01. The summed E-state index contributed by atoms with van der Waals surface area (Å²) in [6.07, 6.45) is 0. The summed E-state index contributed by atoms with van der Waals surface area (Å²) in [6.45, 7) is 0.633. The van der Waals surface area contributed by atoms with Crippen LogP contribution >= 0.6 is 11.3 Å². The zero-order chi connectivity index (χ0) is 13.0. The number of nitrogens with zero attached hydrogens (tertiary/aromatic N) is 1. The van der Waals surface area contributed by atoms with E-state index in [1.807, 2.05) is 36.7 Å². The molecular weight excluding hydrogens is 246 g/mol. The van der Waals surface area contributed by atoms with Gasteiger partial charge in [-0.05, 0) is 29.6 Å². The molecule has 1 heterocycles. The molecule has 0 radical (unpaired) electrons. The molecule has 0 atom stereocenters. The Balaban J connectivity index is 2.10. The molecule has 0 aliphatic rings. The minimum absolute atomic E-state index is 0.00213. The van der Waals surface area contributed by atoms with Gasteiger partial charge in [-0.1, -0.05) is 12.1 Å². The number of ether oxygens (including phenoxy) is 1. The highest BCUT2D eigenvalue weighted by molar-refractivity contribution is 7.09. The molecule has 1 aromatic heterocycles. The summed E-state index contributed by atoms with van der Waals surface area (Å²) < 4.78 is 5.12. The Labute approximate surface area is 111 Å². The summed E-state index contributed by atoms with van der Waals surface area (Å²) in [6, 6.07) is 11.2. The molecule has 1 aromatic carbocycles. The zero-order valence-electron chi connectivity index (χ0n) is 10.4. The van der Waals surface area contributed by atoms with E-state index in [4.69, 9.17) is 4.74 Å². The van der Waals surface area contributed by atoms with E-state index in [1.165, 1.54) is 4.88 Å². The molecule has 0 fully saturated rings. The number of benzene rings is 1. The number of methoxy groups -OCH3 is 1. The Morgan fingerprint density at radius 1 is 1.33 bits per heavy atom. The fraction of sp³-hybridized carbons (Fsp3) is 0.214. The van der Waals surface area contributed by atoms with Crippen LogP contribution in [0, 0.1) is 0 Å². The highest BCUT2D eigenvalue weighted by Crippen LogP contribution is 2.16. The van der Waals surface area contributed by atoms with E-state index < -0.39 is 0 Å². The molecule has 2 aromatic rings. The Morgan fingerprint density at radius 2 is 2.17 bits per heavy atom. The molecule has 94 valence electrons. The lowest BCUT2D eigenvalue weighted by molar-refractivity contribution is 0.0786. The first kappa shape index (κ1) is 12.6. The maximum Gasteiger partial charge on any atom is 0.254 e. The van der Waals surface area contributed by atoms with Gasteiger partial charge in [-0.15, -0.1) is 11.3 Å². The van der Waals surface area contributed by atoms with Crippen molar-refractivity contribution in [1.82, 2.24) is 4.90 Å². The SMILES string of the molecule is COc1cccc(C(=O)N(C)Cc2cccs2)c1. The van der Waals surface area contributed by atoms with Crippen molar-refractivity contribution < 1.29 is 9.53 Å². The van der Waals surface area contributed by atoms with Crippen molar-refractivity contribution in [3.63, 3.8) is 0 Å². The number of amides is 1. The average molecular weight is 261 g/mol. The maximum atomic E-state index is 12.2. The van der Waals surface area contributed by atoms with Crippen LogP contribution in [0.15, 0.2) is 41.8 Å². The van der Waals surface area contributed by atoms with Crippen molar-refractivity contribution in [2.24, 2.45) is 0 Å². The summed E-state index contributed by atoms with van der Waals surface area (Å²) in [5.41, 5.74) is 0.647. The molecule has 2 rings (SSSR count). The summed E-state index contributed by atoms with van der Waals surface area (Å²) >= 11 is 1.65. The van der Waals surface area contributed by atoms with Gasteiger partial charge in [-0.2, -0.15) is 0 Å². The van der Waals surface area contributed by atoms with E-state index in [0.29, 0.717) is 17.9 Å². The Morgan fingerprint density at radius 3 is 2.83 bits per heavy atom. The van der Waals surface area contributed by atoms with Gasteiger partial charge in [0, 0.05) is 17.5 Å². The van der Waals surface area contributed by atoms with Crippen LogP contribution in [0.2, 0.25) is 0 Å². The van der Waals surface area contributed by atoms with Gasteiger partial charge in [0.15, 0.2) is 0 Å². The van der Waals surface area contributed by atoms with E-state index in [0.717, 1.165) is 0 Å². The largest absolute Gasteiger partial charge is 0.497 e. The number of hydrogen-bond acceptors (Lipinski definition) is 3. The quantitative estimate of drug-likeness (QED) is 0.846. The Bertz CT molecular complexity index is 522. The van der Waals surface area contributed by atoms with E-state index >= 15 is 0 Å². The van der Waals surface area contributed by atoms with Crippen molar-refractivity contribution in [2.45, 2.75) is 6.54 Å². The fourth-order valence-electron chi connectivity index (χ4n) is 1.68. The van der Waals surface area contributed by atoms with Gasteiger partial charge in [0.1, 0.15) is 5.75 Å². The second kappa shape index (κ2) is 5.69. The highest BCUT2D eigenvalue weighted by atomic mass is 32.1. The van der Waals surface area contributed by atoms with Gasteiger partial charge in [-0.25, -0.2) is 0 Å². The molecule has 0 saturated heterocycles. The van der Waals surface area contributed by atoms with Crippen molar-refractivity contribution in [3.8, 4) is 5.75 Å². The number of hydrogen-bond donors (Lipinski definition) is 0. The molecule has 3 nitrogen and oxygen atoms in total. The van der Waals surface area contributed by atoms with Gasteiger partial charge in [0.25, 0.3) is 5.91 Å². The predicted molar refractivity (Wildman–Crippen MR) is 73.1 cm³/mol. The van der Waals surface area contributed by atoms with E-state index in [1.54, 1.807) is 35.5 Å². The molecule has 18 heavy (non-hydrogen) atoms. The molecule has 0 N–H and O–H groups in total. The van der Waals surface area contributed by atoms with Gasteiger partial charge >= 0.3 is 0 Å². The molecule has 0 aliphatic carbocycles. The topological polar surface area (TPSA) is 29.5 Å². The lowest BCUT2D eigenvalue weighted by Crippen LogP contribution is -2.25. The minimum Gasteiger partial charge on any atom is -0.497 e. The van der Waals surface area contributed by atoms with Gasteiger partial charge in [0.2, 0.25) is 0 Å². The first-order valence-corrected chi connectivity index (χ1v) is 6.50. The lowest BCUT2D eigenvalue weighted by atomic mass is 10.2. The Hall–Kier alpha value is -1.81. The van der Waals surface area contributed by atoms with E-state index in [2.05, 4.69) is 0 Å². The predicted octanol–water partition coefficient (Wildman–Crippen LogP) is 3.03. The van der Waals surface area contributed by atoms with Crippen LogP contribution in [-0.4, -0.2) is 25.0 Å². The Kier molecular flexibility index (Phi) is 3.99. The minimum atomic E-state index is 0.00213. The first-order chi connectivity index (χ1) is 8.70. The number of thiophene rings is 1. The summed E-state index contributed by atoms with van der Waals surface area (Å²) in [4.78, 5) is 15.1. The molecule has 0 spiro atoms. The van der Waals surface area contributed by atoms with Crippen LogP contribution in [-0.2, 0) is 6.54 Å². The van der Waals surface area contributed by atoms with Crippen LogP contribution in [0.5, 0.6) is 5.75 Å². The molecule has 0 unspecified atom stereocenters. The molecular formula is C14H15NO2S. The van der Waals surface area contributed by atoms with Crippen LogP contribution in [0.3, 0.4) is 0 Å². The van der Waals surface area contributed by atoms with Gasteiger partial charge in [-0.3, -0.25) is 4.79 Å². The fourth-order valence-corrected chi connectivity index (χ4v) is 2.44. The number of carbonyl (C=O) groups is 1. The van der Waals surface area contributed by atoms with Gasteiger partial charge < -0.3 is 9.64 Å². The van der Waals surface area contributed by atoms with Gasteiger partial charge in [0.05, 0.1) is 13.7 Å². The van der Waals surface area contributed by atoms with E-state index in [9.17, 15) is 4.79 Å². The second-order valence-electron chi connectivity index (χ2n) is 3.97. The van der Waals surface area contributed by atoms with Crippen LogP contribution in [0.25, 0.3) is 0 Å². The average Bonchev–Trinajstić information content (AvgIpc) is 2.90. The first-order valence-electron chi connectivity index (χ1n) is 5.62. The number of carbonyl (C=O) groups excluding carboxylic acids is 1. The van der Waals surface area contributed by atoms with Crippen molar-refractivity contribution in [2.75, 3.05) is 14.2 Å². The number of rotatable bonds is 4. The van der Waals surface area contributed by atoms with Crippen molar-refractivity contribution in [1.29, 1.82) is 0 Å². The third-order valence-electron chi connectivity index (χ3n) is 2.64. The third kappa shape index (κ3) is 2.90. The standard InChI is InChI=1S/C14H15NO2S/c1-15(10-13-7-4-8-18-13)14(16)11-5-3-6-12(9-11)17-2/h3-9H,10H2,1-2H3. The van der Waals surface area contributed by atoms with Crippen LogP contribution < -0.4 is 4.74 Å². The zero-order valence-corrected chi connectivity index (χ0v) is 11.2. The molecule has 1 amide bonds. The third-order valence-corrected chi connectivity index (χ3v) is 3.50. The molecule has 0 saturated carbocycles. The molecule has 4 heteroatoms. The van der Waals surface area contributed by atoms with E-state index in [-0.39, 0.29) is 5.91 Å². The summed E-state index contributed by atoms with van der Waals surface area (Å²) in [5.74, 6) is 0.702. The van der Waals surface area contributed by atoms with Crippen LogP contribution in [0.4, 0.5) is 0 Å². The summed E-state index contributed by atoms with van der Waals surface area (Å²) in [7, 11) is 3.40. The highest BCUT2D eigenvalue weighted by Gasteiger charge is 2.12. The lowest BCUT2D eigenvalue weighted by Gasteiger charge is -2.16. The second-order valence-corrected chi connectivity index (χ2v) is 5.00. The smallest absolute Gasteiger partial charge is 0.254 e. The maximum absolute atomic E-state index is 12.2.